The molecule has 1 fully saturated rings. The minimum Gasteiger partial charge on any atom is -0.489 e. The molecule has 3 aromatic carbocycles. The van der Waals surface area contributed by atoms with E-state index >= 15 is 4.39 Å². The predicted octanol–water partition coefficient (Wildman–Crippen LogP) is 6.32. The van der Waals surface area contributed by atoms with Gasteiger partial charge in [0, 0.05) is 36.2 Å². The third-order valence-corrected chi connectivity index (χ3v) is 6.56. The van der Waals surface area contributed by atoms with Crippen LogP contribution in [-0.4, -0.2) is 30.4 Å². The summed E-state index contributed by atoms with van der Waals surface area (Å²) in [6.07, 6.45) is 1.20. The van der Waals surface area contributed by atoms with E-state index in [0.717, 1.165) is 15.7 Å². The van der Waals surface area contributed by atoms with Crippen LogP contribution in [0.15, 0.2) is 83.3 Å². The monoisotopic (exact) mass is 510 g/mol. The van der Waals surface area contributed by atoms with Crippen molar-refractivity contribution in [2.75, 3.05) is 25.0 Å². The van der Waals surface area contributed by atoms with Crippen LogP contribution in [0.4, 0.5) is 10.1 Å². The molecular formula is C27H28BrFN2O2. The molecule has 4 rings (SSSR count). The van der Waals surface area contributed by atoms with Crippen molar-refractivity contribution in [1.82, 2.24) is 4.90 Å². The zero-order chi connectivity index (χ0) is 23.1. The molecule has 3 aromatic rings. The minimum atomic E-state index is -1.37. The normalized spacial score (nSPS) is 15.7. The number of carbonyl (C=O) groups is 1. The second kappa shape index (κ2) is 10.9. The second-order valence-electron chi connectivity index (χ2n) is 8.41. The average Bonchev–Trinajstić information content (AvgIpc) is 2.85. The summed E-state index contributed by atoms with van der Waals surface area (Å²) in [4.78, 5) is 14.4. The molecule has 0 unspecified atom stereocenters. The van der Waals surface area contributed by atoms with E-state index in [4.69, 9.17) is 4.74 Å². The highest BCUT2D eigenvalue weighted by molar-refractivity contribution is 9.10. The Morgan fingerprint density at radius 1 is 1.00 bits per heavy atom. The van der Waals surface area contributed by atoms with Crippen LogP contribution in [0.1, 0.15) is 30.4 Å². The van der Waals surface area contributed by atoms with E-state index < -0.39 is 5.67 Å². The fourth-order valence-corrected chi connectivity index (χ4v) is 4.31. The molecule has 0 spiro atoms. The van der Waals surface area contributed by atoms with Crippen LogP contribution in [-0.2, 0) is 17.1 Å². The molecule has 4 nitrogen and oxygen atoms in total. The molecule has 0 aromatic heterocycles. The highest BCUT2D eigenvalue weighted by Crippen LogP contribution is 2.38. The van der Waals surface area contributed by atoms with Crippen molar-refractivity contribution in [2.24, 2.45) is 0 Å². The van der Waals surface area contributed by atoms with Crippen molar-refractivity contribution in [3.8, 4) is 5.75 Å². The van der Waals surface area contributed by atoms with E-state index in [-0.39, 0.29) is 5.91 Å². The molecule has 1 aliphatic rings. The number of hydrogen-bond acceptors (Lipinski definition) is 3. The topological polar surface area (TPSA) is 41.6 Å². The van der Waals surface area contributed by atoms with Crippen LogP contribution in [0.5, 0.6) is 5.75 Å². The number of amides is 1. The van der Waals surface area contributed by atoms with E-state index in [1.165, 1.54) is 0 Å². The molecule has 1 aliphatic heterocycles. The fraction of sp³-hybridized carbons (Fsp3) is 0.296. The number of rotatable bonds is 8. The summed E-state index contributed by atoms with van der Waals surface area (Å²) in [5.74, 6) is 0.651. The predicted molar refractivity (Wildman–Crippen MR) is 133 cm³/mol. The number of nitrogens with one attached hydrogen (secondary N) is 1. The molecule has 1 amide bonds. The van der Waals surface area contributed by atoms with Gasteiger partial charge in [-0.05, 0) is 60.4 Å². The molecule has 1 N–H and O–H groups in total. The maximum absolute atomic E-state index is 15.8. The summed E-state index contributed by atoms with van der Waals surface area (Å²) in [7, 11) is 0. The van der Waals surface area contributed by atoms with Crippen LogP contribution in [0, 0.1) is 0 Å². The number of piperidine rings is 1. The quantitative estimate of drug-likeness (QED) is 0.385. The maximum atomic E-state index is 15.8. The first-order valence-electron chi connectivity index (χ1n) is 11.2. The Morgan fingerprint density at radius 3 is 2.45 bits per heavy atom. The van der Waals surface area contributed by atoms with Gasteiger partial charge in [0.2, 0.25) is 5.91 Å². The van der Waals surface area contributed by atoms with Crippen LogP contribution in [0.3, 0.4) is 0 Å². The van der Waals surface area contributed by atoms with Gasteiger partial charge < -0.3 is 15.0 Å². The fourth-order valence-electron chi connectivity index (χ4n) is 4.04. The maximum Gasteiger partial charge on any atom is 0.225 e. The SMILES string of the molecule is O=C(CCN1CCC(F)(c2cccc(OCc3ccccc3)c2)CC1)Nc1ccc(Br)cc1. The third kappa shape index (κ3) is 6.65. The molecular weight excluding hydrogens is 483 g/mol. The summed E-state index contributed by atoms with van der Waals surface area (Å²) >= 11 is 3.38. The number of nitrogens with zero attached hydrogens (tertiary/aromatic N) is 1. The summed E-state index contributed by atoms with van der Waals surface area (Å²) in [5, 5.41) is 2.91. The van der Waals surface area contributed by atoms with E-state index in [2.05, 4.69) is 26.1 Å². The van der Waals surface area contributed by atoms with Crippen LogP contribution >= 0.6 is 15.9 Å². The standard InChI is InChI=1S/C27H28BrFN2O2/c28-23-9-11-24(12-10-23)30-26(32)13-16-31-17-14-27(29,15-18-31)22-7-4-8-25(19-22)33-20-21-5-2-1-3-6-21/h1-12,19H,13-18,20H2,(H,30,32). The van der Waals surface area contributed by atoms with Gasteiger partial charge in [-0.15, -0.1) is 0 Å². The number of likely N-dealkylation sites (tertiary alicyclic amines) is 1. The molecule has 0 aliphatic carbocycles. The largest absolute Gasteiger partial charge is 0.489 e. The van der Waals surface area contributed by atoms with Crippen LogP contribution in [0.25, 0.3) is 0 Å². The Bertz CT molecular complexity index is 1050. The van der Waals surface area contributed by atoms with E-state index in [1.807, 2.05) is 78.9 Å². The summed E-state index contributed by atoms with van der Waals surface area (Å²) in [6, 6.07) is 24.8. The zero-order valence-electron chi connectivity index (χ0n) is 18.5. The molecule has 0 bridgehead atoms. The number of carbonyl (C=O) groups excluding carboxylic acids is 1. The Morgan fingerprint density at radius 2 is 1.73 bits per heavy atom. The summed E-state index contributed by atoms with van der Waals surface area (Å²) in [5.41, 5.74) is 1.15. The first kappa shape index (κ1) is 23.5. The first-order valence-corrected chi connectivity index (χ1v) is 12.0. The first-order chi connectivity index (χ1) is 16.0. The van der Waals surface area contributed by atoms with Crippen LogP contribution in [0.2, 0.25) is 0 Å². The van der Waals surface area contributed by atoms with Crippen molar-refractivity contribution >= 4 is 27.5 Å². The number of benzene rings is 3. The summed E-state index contributed by atoms with van der Waals surface area (Å²) in [6.45, 7) is 2.33. The second-order valence-corrected chi connectivity index (χ2v) is 9.33. The smallest absolute Gasteiger partial charge is 0.225 e. The van der Waals surface area contributed by atoms with Crippen molar-refractivity contribution in [2.45, 2.75) is 31.5 Å². The lowest BCUT2D eigenvalue weighted by Crippen LogP contribution is -2.41. The Hall–Kier alpha value is -2.70. The lowest BCUT2D eigenvalue weighted by molar-refractivity contribution is -0.116. The van der Waals surface area contributed by atoms with Gasteiger partial charge in [-0.3, -0.25) is 4.79 Å². The highest BCUT2D eigenvalue weighted by Gasteiger charge is 2.36. The number of anilines is 1. The van der Waals surface area contributed by atoms with Crippen molar-refractivity contribution in [3.63, 3.8) is 0 Å². The van der Waals surface area contributed by atoms with Crippen molar-refractivity contribution in [1.29, 1.82) is 0 Å². The molecule has 0 atom stereocenters. The van der Waals surface area contributed by atoms with E-state index in [9.17, 15) is 4.79 Å². The number of alkyl halides is 1. The van der Waals surface area contributed by atoms with Gasteiger partial charge in [0.25, 0.3) is 0 Å². The highest BCUT2D eigenvalue weighted by atomic mass is 79.9. The molecule has 0 radical (unpaired) electrons. The van der Waals surface area contributed by atoms with Crippen molar-refractivity contribution in [3.05, 3.63) is 94.5 Å². The number of ether oxygens (including phenoxy) is 1. The van der Waals surface area contributed by atoms with Gasteiger partial charge in [-0.25, -0.2) is 4.39 Å². The van der Waals surface area contributed by atoms with Gasteiger partial charge in [-0.2, -0.15) is 0 Å². The summed E-state index contributed by atoms with van der Waals surface area (Å²) < 4.78 is 22.6. The lowest BCUT2D eigenvalue weighted by atomic mass is 9.86. The van der Waals surface area contributed by atoms with Gasteiger partial charge >= 0.3 is 0 Å². The lowest BCUT2D eigenvalue weighted by Gasteiger charge is -2.36. The minimum absolute atomic E-state index is 0.0299. The molecule has 0 saturated carbocycles. The molecule has 1 heterocycles. The number of halogens is 2. The van der Waals surface area contributed by atoms with Gasteiger partial charge in [0.15, 0.2) is 0 Å². The Labute approximate surface area is 202 Å². The number of hydrogen-bond donors (Lipinski definition) is 1. The molecule has 172 valence electrons. The Balaban J connectivity index is 1.26. The van der Waals surface area contributed by atoms with Gasteiger partial charge in [0.05, 0.1) is 0 Å². The van der Waals surface area contributed by atoms with Crippen LogP contribution < -0.4 is 10.1 Å². The molecule has 1 saturated heterocycles. The average molecular weight is 511 g/mol. The van der Waals surface area contributed by atoms with Gasteiger partial charge in [0.1, 0.15) is 18.0 Å². The van der Waals surface area contributed by atoms with E-state index in [1.54, 1.807) is 0 Å². The van der Waals surface area contributed by atoms with Crippen molar-refractivity contribution < 1.29 is 13.9 Å². The Kier molecular flexibility index (Phi) is 7.78. The zero-order valence-corrected chi connectivity index (χ0v) is 20.1. The molecule has 33 heavy (non-hydrogen) atoms. The van der Waals surface area contributed by atoms with E-state index in [0.29, 0.717) is 56.8 Å². The van der Waals surface area contributed by atoms with Gasteiger partial charge in [-0.1, -0.05) is 58.4 Å². The molecule has 6 heteroatoms. The third-order valence-electron chi connectivity index (χ3n) is 6.03.